The molecule has 0 unspecified atom stereocenters. The van der Waals surface area contributed by atoms with Crippen LogP contribution in [0.3, 0.4) is 0 Å². The van der Waals surface area contributed by atoms with E-state index in [1.54, 1.807) is 18.3 Å². The van der Waals surface area contributed by atoms with Crippen molar-refractivity contribution in [3.8, 4) is 11.4 Å². The minimum absolute atomic E-state index is 0.233. The summed E-state index contributed by atoms with van der Waals surface area (Å²) in [5.74, 6) is 2.90. The van der Waals surface area contributed by atoms with Crippen LogP contribution in [0.5, 0.6) is 0 Å². The molecule has 0 amide bonds. The highest BCUT2D eigenvalue weighted by Gasteiger charge is 2.23. The van der Waals surface area contributed by atoms with Gasteiger partial charge in [-0.1, -0.05) is 12.1 Å². The van der Waals surface area contributed by atoms with Crippen molar-refractivity contribution in [2.75, 3.05) is 11.5 Å². The highest BCUT2D eigenvalue weighted by Crippen LogP contribution is 2.34. The van der Waals surface area contributed by atoms with Crippen molar-refractivity contribution >= 4 is 22.9 Å². The first-order valence-electron chi connectivity index (χ1n) is 7.49. The van der Waals surface area contributed by atoms with Gasteiger partial charge in [0.2, 0.25) is 0 Å². The van der Waals surface area contributed by atoms with Gasteiger partial charge in [-0.25, -0.2) is 14.4 Å². The highest BCUT2D eigenvalue weighted by molar-refractivity contribution is 7.99. The molecule has 2 aromatic heterocycles. The van der Waals surface area contributed by atoms with E-state index in [1.807, 2.05) is 30.0 Å². The Hall–Kier alpha value is -1.88. The second kappa shape index (κ2) is 5.72. The largest absolute Gasteiger partial charge is 0.306 e. The second-order valence-electron chi connectivity index (χ2n) is 5.51. The SMILES string of the molecule is Fc1cccc(-c2nc3cccnc3n2C2CCSCC2)c1. The van der Waals surface area contributed by atoms with Crippen molar-refractivity contribution in [1.82, 2.24) is 14.5 Å². The lowest BCUT2D eigenvalue weighted by Gasteiger charge is -2.25. The van der Waals surface area contributed by atoms with Crippen LogP contribution in [0.25, 0.3) is 22.6 Å². The zero-order chi connectivity index (χ0) is 14.9. The molecule has 1 saturated heterocycles. The van der Waals surface area contributed by atoms with Gasteiger partial charge in [0, 0.05) is 17.8 Å². The molecule has 4 rings (SSSR count). The van der Waals surface area contributed by atoms with E-state index in [4.69, 9.17) is 4.98 Å². The minimum atomic E-state index is -0.233. The number of thioether (sulfide) groups is 1. The third-order valence-electron chi connectivity index (χ3n) is 4.09. The predicted molar refractivity (Wildman–Crippen MR) is 88.5 cm³/mol. The minimum Gasteiger partial charge on any atom is -0.306 e. The van der Waals surface area contributed by atoms with Gasteiger partial charge < -0.3 is 4.57 Å². The first kappa shape index (κ1) is 13.8. The number of hydrogen-bond acceptors (Lipinski definition) is 3. The quantitative estimate of drug-likeness (QED) is 0.706. The molecule has 0 aliphatic carbocycles. The maximum atomic E-state index is 13.6. The third kappa shape index (κ3) is 2.39. The van der Waals surface area contributed by atoms with Gasteiger partial charge in [-0.2, -0.15) is 11.8 Å². The highest BCUT2D eigenvalue weighted by atomic mass is 32.2. The fourth-order valence-electron chi connectivity index (χ4n) is 3.05. The lowest BCUT2D eigenvalue weighted by atomic mass is 10.1. The lowest BCUT2D eigenvalue weighted by Crippen LogP contribution is -2.16. The van der Waals surface area contributed by atoms with E-state index in [2.05, 4.69) is 9.55 Å². The van der Waals surface area contributed by atoms with E-state index >= 15 is 0 Å². The molecule has 3 heterocycles. The van der Waals surface area contributed by atoms with Gasteiger partial charge in [-0.15, -0.1) is 0 Å². The monoisotopic (exact) mass is 313 g/mol. The fourth-order valence-corrected chi connectivity index (χ4v) is 4.13. The summed E-state index contributed by atoms with van der Waals surface area (Å²) in [7, 11) is 0. The molecule has 0 atom stereocenters. The van der Waals surface area contributed by atoms with Crippen LogP contribution in [-0.4, -0.2) is 26.0 Å². The smallest absolute Gasteiger partial charge is 0.160 e. The molecule has 112 valence electrons. The summed E-state index contributed by atoms with van der Waals surface area (Å²) in [6, 6.07) is 10.9. The first-order valence-corrected chi connectivity index (χ1v) is 8.65. The number of rotatable bonds is 2. The summed E-state index contributed by atoms with van der Waals surface area (Å²) in [5, 5.41) is 0. The second-order valence-corrected chi connectivity index (χ2v) is 6.73. The topological polar surface area (TPSA) is 30.7 Å². The zero-order valence-electron chi connectivity index (χ0n) is 12.1. The number of fused-ring (bicyclic) bond motifs is 1. The van der Waals surface area contributed by atoms with Crippen molar-refractivity contribution in [3.05, 3.63) is 48.4 Å². The van der Waals surface area contributed by atoms with Crippen molar-refractivity contribution in [3.63, 3.8) is 0 Å². The first-order chi connectivity index (χ1) is 10.8. The number of benzene rings is 1. The Labute approximate surface area is 132 Å². The van der Waals surface area contributed by atoms with Crippen LogP contribution in [0.1, 0.15) is 18.9 Å². The van der Waals surface area contributed by atoms with Gasteiger partial charge in [0.25, 0.3) is 0 Å². The normalized spacial score (nSPS) is 16.2. The van der Waals surface area contributed by atoms with E-state index in [0.29, 0.717) is 6.04 Å². The molecule has 3 aromatic rings. The number of halogens is 1. The molecule has 0 saturated carbocycles. The molecule has 1 aromatic carbocycles. The Morgan fingerprint density at radius 2 is 2.00 bits per heavy atom. The van der Waals surface area contributed by atoms with Gasteiger partial charge in [-0.05, 0) is 48.6 Å². The van der Waals surface area contributed by atoms with Gasteiger partial charge in [0.1, 0.15) is 17.2 Å². The molecule has 1 aliphatic rings. The Bertz CT molecular complexity index is 809. The van der Waals surface area contributed by atoms with E-state index in [9.17, 15) is 4.39 Å². The lowest BCUT2D eigenvalue weighted by molar-refractivity contribution is 0.482. The molecule has 5 heteroatoms. The Morgan fingerprint density at radius 1 is 1.14 bits per heavy atom. The van der Waals surface area contributed by atoms with Crippen LogP contribution in [0.4, 0.5) is 4.39 Å². The van der Waals surface area contributed by atoms with Crippen LogP contribution in [0.2, 0.25) is 0 Å². The molecular weight excluding hydrogens is 297 g/mol. The zero-order valence-corrected chi connectivity index (χ0v) is 12.9. The summed E-state index contributed by atoms with van der Waals surface area (Å²) >= 11 is 1.99. The van der Waals surface area contributed by atoms with Crippen molar-refractivity contribution in [1.29, 1.82) is 0 Å². The van der Waals surface area contributed by atoms with Crippen LogP contribution in [0.15, 0.2) is 42.6 Å². The van der Waals surface area contributed by atoms with Gasteiger partial charge in [-0.3, -0.25) is 0 Å². The Balaban J connectivity index is 1.93. The van der Waals surface area contributed by atoms with Crippen LogP contribution in [0, 0.1) is 5.82 Å². The standard InChI is InChI=1S/C17H16FN3S/c18-13-4-1-3-12(11-13)16-20-15-5-2-8-19-17(15)21(16)14-6-9-22-10-7-14/h1-5,8,11,14H,6-7,9-10H2. The molecule has 1 fully saturated rings. The summed E-state index contributed by atoms with van der Waals surface area (Å²) in [6.07, 6.45) is 4.01. The van der Waals surface area contributed by atoms with Crippen molar-refractivity contribution in [2.45, 2.75) is 18.9 Å². The molecule has 0 spiro atoms. The third-order valence-corrected chi connectivity index (χ3v) is 5.14. The summed E-state index contributed by atoms with van der Waals surface area (Å²) < 4.78 is 15.8. The summed E-state index contributed by atoms with van der Waals surface area (Å²) in [6.45, 7) is 0. The van der Waals surface area contributed by atoms with Crippen LogP contribution < -0.4 is 0 Å². The predicted octanol–water partition coefficient (Wildman–Crippen LogP) is 4.31. The average Bonchev–Trinajstić information content (AvgIpc) is 2.95. The van der Waals surface area contributed by atoms with E-state index < -0.39 is 0 Å². The molecule has 1 aliphatic heterocycles. The number of pyridine rings is 1. The van der Waals surface area contributed by atoms with Gasteiger partial charge in [0.15, 0.2) is 5.65 Å². The van der Waals surface area contributed by atoms with Crippen LogP contribution in [-0.2, 0) is 0 Å². The Morgan fingerprint density at radius 3 is 2.82 bits per heavy atom. The van der Waals surface area contributed by atoms with Gasteiger partial charge >= 0.3 is 0 Å². The van der Waals surface area contributed by atoms with Crippen molar-refractivity contribution < 1.29 is 4.39 Å². The Kier molecular flexibility index (Phi) is 3.58. The number of aromatic nitrogens is 3. The molecule has 0 radical (unpaired) electrons. The molecule has 0 bridgehead atoms. The maximum absolute atomic E-state index is 13.6. The fraction of sp³-hybridized carbons (Fsp3) is 0.294. The summed E-state index contributed by atoms with van der Waals surface area (Å²) in [4.78, 5) is 9.25. The molecule has 3 nitrogen and oxygen atoms in total. The van der Waals surface area contributed by atoms with E-state index in [1.165, 1.54) is 6.07 Å². The molecular formula is C17H16FN3S. The maximum Gasteiger partial charge on any atom is 0.160 e. The number of imidazole rings is 1. The molecule has 0 N–H and O–H groups in total. The number of hydrogen-bond donors (Lipinski definition) is 0. The number of nitrogens with zero attached hydrogens (tertiary/aromatic N) is 3. The van der Waals surface area contributed by atoms with E-state index in [0.717, 1.165) is 46.9 Å². The van der Waals surface area contributed by atoms with Gasteiger partial charge in [0.05, 0.1) is 0 Å². The van der Waals surface area contributed by atoms with E-state index in [-0.39, 0.29) is 5.82 Å². The van der Waals surface area contributed by atoms with Crippen molar-refractivity contribution in [2.24, 2.45) is 0 Å². The average molecular weight is 313 g/mol. The van der Waals surface area contributed by atoms with Crippen LogP contribution >= 0.6 is 11.8 Å². The summed E-state index contributed by atoms with van der Waals surface area (Å²) in [5.41, 5.74) is 2.59. The molecule has 22 heavy (non-hydrogen) atoms.